The first kappa shape index (κ1) is 15.3. The number of rotatable bonds is 5. The van der Waals surface area contributed by atoms with Crippen molar-refractivity contribution in [3.8, 4) is 11.4 Å². The number of hydrogen-bond donors (Lipinski definition) is 1. The molecule has 2 aromatic heterocycles. The molecule has 0 radical (unpaired) electrons. The van der Waals surface area contributed by atoms with Gasteiger partial charge in [0.15, 0.2) is 5.82 Å². The minimum absolute atomic E-state index is 0.218. The number of amides is 1. The SMILES string of the molecule is Cc1ccc(/C=C/C(=O)Nc2ccc(-c3nnnn3C3CC3)cc2)o1. The molecule has 0 bridgehead atoms. The van der Waals surface area contributed by atoms with E-state index in [1.165, 1.54) is 6.08 Å². The smallest absolute Gasteiger partial charge is 0.248 e. The van der Waals surface area contributed by atoms with Gasteiger partial charge in [-0.2, -0.15) is 0 Å². The maximum Gasteiger partial charge on any atom is 0.248 e. The van der Waals surface area contributed by atoms with Crippen LogP contribution in [0.25, 0.3) is 17.5 Å². The molecule has 0 aliphatic heterocycles. The maximum atomic E-state index is 12.0. The molecule has 1 N–H and O–H groups in total. The molecule has 1 aromatic carbocycles. The van der Waals surface area contributed by atoms with Crippen LogP contribution in [0.4, 0.5) is 5.69 Å². The normalized spacial score (nSPS) is 14.1. The molecule has 4 rings (SSSR count). The Bertz CT molecular complexity index is 919. The highest BCUT2D eigenvalue weighted by molar-refractivity contribution is 6.01. The van der Waals surface area contributed by atoms with Crippen LogP contribution in [-0.2, 0) is 4.79 Å². The third-order valence-corrected chi connectivity index (χ3v) is 3.96. The molecule has 1 fully saturated rings. The second-order valence-electron chi connectivity index (χ2n) is 6.03. The first-order valence-electron chi connectivity index (χ1n) is 8.13. The summed E-state index contributed by atoms with van der Waals surface area (Å²) in [4.78, 5) is 12.0. The molecule has 0 spiro atoms. The average Bonchev–Trinajstić information content (AvgIpc) is 3.18. The van der Waals surface area contributed by atoms with Gasteiger partial charge >= 0.3 is 0 Å². The van der Waals surface area contributed by atoms with E-state index in [-0.39, 0.29) is 5.91 Å². The predicted molar refractivity (Wildman–Crippen MR) is 92.6 cm³/mol. The molecule has 1 aliphatic rings. The molecule has 7 nitrogen and oxygen atoms in total. The second kappa shape index (κ2) is 6.35. The molecule has 3 aromatic rings. The number of hydrogen-bond acceptors (Lipinski definition) is 5. The van der Waals surface area contributed by atoms with Crippen LogP contribution in [0.15, 0.2) is 46.9 Å². The summed E-state index contributed by atoms with van der Waals surface area (Å²) >= 11 is 0. The molecule has 0 unspecified atom stereocenters. The van der Waals surface area contributed by atoms with Gasteiger partial charge in [-0.25, -0.2) is 4.68 Å². The van der Waals surface area contributed by atoms with Gasteiger partial charge in [-0.15, -0.1) is 5.10 Å². The standard InChI is InChI=1S/C18H17N5O2/c1-12-2-9-16(25-12)10-11-17(24)19-14-5-3-13(4-6-14)18-20-21-22-23(18)15-7-8-15/h2-6,9-11,15H,7-8H2,1H3,(H,19,24)/b11-10+. The third kappa shape index (κ3) is 3.50. The van der Waals surface area contributed by atoms with Crippen molar-refractivity contribution in [3.05, 3.63) is 54.0 Å². The number of carbonyl (C=O) groups is 1. The van der Waals surface area contributed by atoms with Crippen LogP contribution in [0, 0.1) is 6.92 Å². The van der Waals surface area contributed by atoms with Crippen LogP contribution >= 0.6 is 0 Å². The summed E-state index contributed by atoms with van der Waals surface area (Å²) in [6.07, 6.45) is 5.32. The number of furan rings is 1. The molecule has 25 heavy (non-hydrogen) atoms. The van der Waals surface area contributed by atoms with Crippen molar-refractivity contribution in [2.75, 3.05) is 5.32 Å². The van der Waals surface area contributed by atoms with Crippen molar-refractivity contribution in [2.45, 2.75) is 25.8 Å². The van der Waals surface area contributed by atoms with Gasteiger partial charge in [0.25, 0.3) is 0 Å². The number of anilines is 1. The zero-order chi connectivity index (χ0) is 17.2. The number of aromatic nitrogens is 4. The third-order valence-electron chi connectivity index (χ3n) is 3.96. The fourth-order valence-corrected chi connectivity index (χ4v) is 2.54. The van der Waals surface area contributed by atoms with Crippen molar-refractivity contribution in [3.63, 3.8) is 0 Å². The van der Waals surface area contributed by atoms with E-state index in [0.29, 0.717) is 17.5 Å². The lowest BCUT2D eigenvalue weighted by atomic mass is 10.2. The predicted octanol–water partition coefficient (Wildman–Crippen LogP) is 3.23. The second-order valence-corrected chi connectivity index (χ2v) is 6.03. The number of aryl methyl sites for hydroxylation is 1. The van der Waals surface area contributed by atoms with E-state index in [2.05, 4.69) is 20.8 Å². The van der Waals surface area contributed by atoms with E-state index in [1.807, 2.05) is 48.0 Å². The van der Waals surface area contributed by atoms with Crippen molar-refractivity contribution < 1.29 is 9.21 Å². The minimum Gasteiger partial charge on any atom is -0.462 e. The molecule has 1 amide bonds. The Balaban J connectivity index is 1.42. The highest BCUT2D eigenvalue weighted by Crippen LogP contribution is 2.36. The van der Waals surface area contributed by atoms with Gasteiger partial charge in [-0.1, -0.05) is 0 Å². The molecule has 0 saturated heterocycles. The van der Waals surface area contributed by atoms with Crippen molar-refractivity contribution in [1.29, 1.82) is 0 Å². The number of nitrogens with one attached hydrogen (secondary N) is 1. The van der Waals surface area contributed by atoms with Crippen LogP contribution in [0.3, 0.4) is 0 Å². The summed E-state index contributed by atoms with van der Waals surface area (Å²) in [5.41, 5.74) is 1.64. The van der Waals surface area contributed by atoms with E-state index in [0.717, 1.165) is 30.0 Å². The summed E-state index contributed by atoms with van der Waals surface area (Å²) in [5.74, 6) is 2.00. The van der Waals surface area contributed by atoms with Gasteiger partial charge < -0.3 is 9.73 Å². The van der Waals surface area contributed by atoms with Gasteiger partial charge in [0, 0.05) is 17.3 Å². The molecule has 0 atom stereocenters. The first-order valence-corrected chi connectivity index (χ1v) is 8.13. The van der Waals surface area contributed by atoms with Crippen molar-refractivity contribution >= 4 is 17.7 Å². The van der Waals surface area contributed by atoms with Crippen molar-refractivity contribution in [2.24, 2.45) is 0 Å². The van der Waals surface area contributed by atoms with Crippen LogP contribution in [0.5, 0.6) is 0 Å². The number of tetrazole rings is 1. The Hall–Kier alpha value is -3.22. The average molecular weight is 335 g/mol. The van der Waals surface area contributed by atoms with Crippen LogP contribution in [0.1, 0.15) is 30.4 Å². The van der Waals surface area contributed by atoms with Gasteiger partial charge in [0.1, 0.15) is 11.5 Å². The molecule has 1 saturated carbocycles. The summed E-state index contributed by atoms with van der Waals surface area (Å²) in [6.45, 7) is 1.86. The largest absolute Gasteiger partial charge is 0.462 e. The van der Waals surface area contributed by atoms with Gasteiger partial charge in [0.2, 0.25) is 5.91 Å². The minimum atomic E-state index is -0.218. The number of nitrogens with zero attached hydrogens (tertiary/aromatic N) is 4. The molecular weight excluding hydrogens is 318 g/mol. The van der Waals surface area contributed by atoms with Gasteiger partial charge in [-0.05, 0) is 72.7 Å². The van der Waals surface area contributed by atoms with Crippen molar-refractivity contribution in [1.82, 2.24) is 20.2 Å². The Morgan fingerprint density at radius 3 is 2.72 bits per heavy atom. The zero-order valence-corrected chi connectivity index (χ0v) is 13.7. The quantitative estimate of drug-likeness (QED) is 0.724. The highest BCUT2D eigenvalue weighted by atomic mass is 16.3. The topological polar surface area (TPSA) is 85.8 Å². The monoisotopic (exact) mass is 335 g/mol. The Morgan fingerprint density at radius 1 is 1.24 bits per heavy atom. The summed E-state index contributed by atoms with van der Waals surface area (Å²) in [5, 5.41) is 14.7. The summed E-state index contributed by atoms with van der Waals surface area (Å²) in [6, 6.07) is 11.6. The fourth-order valence-electron chi connectivity index (χ4n) is 2.54. The molecule has 7 heteroatoms. The summed E-state index contributed by atoms with van der Waals surface area (Å²) in [7, 11) is 0. The van der Waals surface area contributed by atoms with Crippen LogP contribution in [0.2, 0.25) is 0 Å². The zero-order valence-electron chi connectivity index (χ0n) is 13.7. The Morgan fingerprint density at radius 2 is 2.04 bits per heavy atom. The van der Waals surface area contributed by atoms with Crippen LogP contribution in [-0.4, -0.2) is 26.1 Å². The summed E-state index contributed by atoms with van der Waals surface area (Å²) < 4.78 is 7.25. The van der Waals surface area contributed by atoms with Crippen LogP contribution < -0.4 is 5.32 Å². The fraction of sp³-hybridized carbons (Fsp3) is 0.222. The van der Waals surface area contributed by atoms with E-state index in [4.69, 9.17) is 4.42 Å². The lowest BCUT2D eigenvalue weighted by molar-refractivity contribution is -0.111. The van der Waals surface area contributed by atoms with E-state index >= 15 is 0 Å². The van der Waals surface area contributed by atoms with Gasteiger partial charge in [-0.3, -0.25) is 4.79 Å². The maximum absolute atomic E-state index is 12.0. The first-order chi connectivity index (χ1) is 12.2. The van der Waals surface area contributed by atoms with E-state index < -0.39 is 0 Å². The number of carbonyl (C=O) groups excluding carboxylic acids is 1. The molecular formula is C18H17N5O2. The Labute approximate surface area is 144 Å². The number of benzene rings is 1. The lowest BCUT2D eigenvalue weighted by Gasteiger charge is -2.05. The van der Waals surface area contributed by atoms with E-state index in [1.54, 1.807) is 6.08 Å². The lowest BCUT2D eigenvalue weighted by Crippen LogP contribution is -2.07. The van der Waals surface area contributed by atoms with E-state index in [9.17, 15) is 4.79 Å². The highest BCUT2D eigenvalue weighted by Gasteiger charge is 2.28. The van der Waals surface area contributed by atoms with Gasteiger partial charge in [0.05, 0.1) is 6.04 Å². The Kier molecular flexibility index (Phi) is 3.89. The molecule has 126 valence electrons. The molecule has 1 aliphatic carbocycles. The molecule has 2 heterocycles.